The van der Waals surface area contributed by atoms with Crippen molar-refractivity contribution in [1.29, 1.82) is 0 Å². The van der Waals surface area contributed by atoms with Crippen molar-refractivity contribution in [3.05, 3.63) is 72.3 Å². The van der Waals surface area contributed by atoms with Gasteiger partial charge in [0.25, 0.3) is 5.91 Å². The van der Waals surface area contributed by atoms with Crippen LogP contribution < -0.4 is 5.32 Å². The van der Waals surface area contributed by atoms with Gasteiger partial charge in [-0.05, 0) is 36.8 Å². The van der Waals surface area contributed by atoms with Crippen LogP contribution in [0.25, 0.3) is 5.69 Å². The SMILES string of the molecule is C[C@@H](O)c1ccc(C(=O)Nc2ccccc2-n2cncn2)cc1. The number of amides is 1. The fourth-order valence-electron chi connectivity index (χ4n) is 2.22. The fraction of sp³-hybridized carbons (Fsp3) is 0.118. The molecular weight excluding hydrogens is 292 g/mol. The number of nitrogens with one attached hydrogen (secondary N) is 1. The van der Waals surface area contributed by atoms with Crippen LogP contribution in [0.4, 0.5) is 5.69 Å². The first-order chi connectivity index (χ1) is 11.1. The Morgan fingerprint density at radius 2 is 1.91 bits per heavy atom. The van der Waals surface area contributed by atoms with Gasteiger partial charge in [0.1, 0.15) is 12.7 Å². The summed E-state index contributed by atoms with van der Waals surface area (Å²) in [5.74, 6) is -0.227. The van der Waals surface area contributed by atoms with Gasteiger partial charge in [-0.25, -0.2) is 9.67 Å². The summed E-state index contributed by atoms with van der Waals surface area (Å²) in [7, 11) is 0. The van der Waals surface area contributed by atoms with E-state index in [1.54, 1.807) is 48.3 Å². The highest BCUT2D eigenvalue weighted by atomic mass is 16.3. The third-order valence-electron chi connectivity index (χ3n) is 3.47. The number of benzene rings is 2. The summed E-state index contributed by atoms with van der Waals surface area (Å²) >= 11 is 0. The molecule has 0 radical (unpaired) electrons. The first kappa shape index (κ1) is 14.9. The molecule has 2 N–H and O–H groups in total. The zero-order valence-corrected chi connectivity index (χ0v) is 12.5. The van der Waals surface area contributed by atoms with Crippen molar-refractivity contribution in [3.8, 4) is 5.69 Å². The molecule has 0 saturated heterocycles. The lowest BCUT2D eigenvalue weighted by molar-refractivity contribution is 0.102. The van der Waals surface area contributed by atoms with Crippen molar-refractivity contribution in [2.45, 2.75) is 13.0 Å². The summed E-state index contributed by atoms with van der Waals surface area (Å²) in [6, 6.07) is 14.2. The van der Waals surface area contributed by atoms with E-state index >= 15 is 0 Å². The van der Waals surface area contributed by atoms with E-state index in [2.05, 4.69) is 15.4 Å². The van der Waals surface area contributed by atoms with E-state index in [-0.39, 0.29) is 5.91 Å². The van der Waals surface area contributed by atoms with E-state index in [0.717, 1.165) is 11.3 Å². The molecule has 0 aliphatic rings. The highest BCUT2D eigenvalue weighted by Crippen LogP contribution is 2.20. The molecule has 0 spiro atoms. The fourth-order valence-corrected chi connectivity index (χ4v) is 2.22. The third-order valence-corrected chi connectivity index (χ3v) is 3.47. The molecule has 116 valence electrons. The Kier molecular flexibility index (Phi) is 4.16. The molecule has 0 aliphatic carbocycles. The molecule has 3 rings (SSSR count). The number of carbonyl (C=O) groups excluding carboxylic acids is 1. The van der Waals surface area contributed by atoms with E-state index in [1.807, 2.05) is 18.2 Å². The molecule has 0 saturated carbocycles. The predicted octanol–water partition coefficient (Wildman–Crippen LogP) is 2.57. The number of rotatable bonds is 4. The summed E-state index contributed by atoms with van der Waals surface area (Å²) in [6.45, 7) is 1.68. The Hall–Kier alpha value is -2.99. The van der Waals surface area contributed by atoms with Gasteiger partial charge in [-0.1, -0.05) is 24.3 Å². The second-order valence-corrected chi connectivity index (χ2v) is 5.11. The molecule has 23 heavy (non-hydrogen) atoms. The first-order valence-electron chi connectivity index (χ1n) is 7.18. The quantitative estimate of drug-likeness (QED) is 0.776. The summed E-state index contributed by atoms with van der Waals surface area (Å²) in [5, 5.41) is 16.5. The molecule has 0 fully saturated rings. The molecule has 6 nitrogen and oxygen atoms in total. The maximum absolute atomic E-state index is 12.4. The Balaban J connectivity index is 1.83. The average Bonchev–Trinajstić information content (AvgIpc) is 3.09. The monoisotopic (exact) mass is 308 g/mol. The average molecular weight is 308 g/mol. The second-order valence-electron chi connectivity index (χ2n) is 5.11. The van der Waals surface area contributed by atoms with E-state index in [1.165, 1.54) is 6.33 Å². The lowest BCUT2D eigenvalue weighted by Crippen LogP contribution is -2.14. The zero-order valence-electron chi connectivity index (χ0n) is 12.5. The van der Waals surface area contributed by atoms with Gasteiger partial charge >= 0.3 is 0 Å². The van der Waals surface area contributed by atoms with Crippen molar-refractivity contribution >= 4 is 11.6 Å². The van der Waals surface area contributed by atoms with Gasteiger partial charge in [0, 0.05) is 5.56 Å². The van der Waals surface area contributed by atoms with Crippen molar-refractivity contribution in [2.75, 3.05) is 5.32 Å². The maximum Gasteiger partial charge on any atom is 0.255 e. The largest absolute Gasteiger partial charge is 0.389 e. The van der Waals surface area contributed by atoms with Gasteiger partial charge in [0.2, 0.25) is 0 Å². The Bertz CT molecular complexity index is 796. The topological polar surface area (TPSA) is 80.0 Å². The van der Waals surface area contributed by atoms with Gasteiger partial charge in [-0.15, -0.1) is 0 Å². The van der Waals surface area contributed by atoms with Crippen LogP contribution in [0, 0.1) is 0 Å². The molecule has 1 amide bonds. The van der Waals surface area contributed by atoms with E-state index < -0.39 is 6.10 Å². The number of carbonyl (C=O) groups is 1. The molecule has 6 heteroatoms. The smallest absolute Gasteiger partial charge is 0.255 e. The van der Waals surface area contributed by atoms with Crippen molar-refractivity contribution in [1.82, 2.24) is 14.8 Å². The minimum atomic E-state index is -0.555. The highest BCUT2D eigenvalue weighted by molar-refractivity contribution is 6.05. The zero-order chi connectivity index (χ0) is 16.2. The van der Waals surface area contributed by atoms with E-state index in [4.69, 9.17) is 0 Å². The number of hydrogen-bond donors (Lipinski definition) is 2. The van der Waals surface area contributed by atoms with Gasteiger partial charge in [-0.3, -0.25) is 4.79 Å². The van der Waals surface area contributed by atoms with Crippen molar-refractivity contribution in [3.63, 3.8) is 0 Å². The van der Waals surface area contributed by atoms with Gasteiger partial charge in [0.05, 0.1) is 17.5 Å². The summed E-state index contributed by atoms with van der Waals surface area (Å²) in [5.41, 5.74) is 2.66. The molecule has 2 aromatic carbocycles. The number of anilines is 1. The molecule has 3 aromatic rings. The summed E-state index contributed by atoms with van der Waals surface area (Å²) < 4.78 is 1.59. The highest BCUT2D eigenvalue weighted by Gasteiger charge is 2.11. The Morgan fingerprint density at radius 1 is 1.17 bits per heavy atom. The Morgan fingerprint density at radius 3 is 2.57 bits per heavy atom. The van der Waals surface area contributed by atoms with Gasteiger partial charge < -0.3 is 10.4 Å². The van der Waals surface area contributed by atoms with Crippen LogP contribution in [-0.4, -0.2) is 25.8 Å². The van der Waals surface area contributed by atoms with Crippen LogP contribution in [0.1, 0.15) is 28.9 Å². The third kappa shape index (κ3) is 3.27. The molecular formula is C17H16N4O2. The lowest BCUT2D eigenvalue weighted by Gasteiger charge is -2.11. The molecule has 1 heterocycles. The number of nitrogens with zero attached hydrogens (tertiary/aromatic N) is 3. The van der Waals surface area contributed by atoms with Gasteiger partial charge in [-0.2, -0.15) is 5.10 Å². The number of hydrogen-bond acceptors (Lipinski definition) is 4. The van der Waals surface area contributed by atoms with Crippen LogP contribution in [0.3, 0.4) is 0 Å². The van der Waals surface area contributed by atoms with Crippen molar-refractivity contribution < 1.29 is 9.90 Å². The standard InChI is InChI=1S/C17H16N4O2/c1-12(22)13-6-8-14(9-7-13)17(23)20-15-4-2-3-5-16(15)21-11-18-10-19-21/h2-12,22H,1H3,(H,20,23)/t12-/m1/s1. The summed E-state index contributed by atoms with van der Waals surface area (Å²) in [4.78, 5) is 16.3. The van der Waals surface area contributed by atoms with Crippen molar-refractivity contribution in [2.24, 2.45) is 0 Å². The molecule has 0 bridgehead atoms. The minimum Gasteiger partial charge on any atom is -0.389 e. The minimum absolute atomic E-state index is 0.227. The first-order valence-corrected chi connectivity index (χ1v) is 7.18. The summed E-state index contributed by atoms with van der Waals surface area (Å²) in [6.07, 6.45) is 2.45. The molecule has 1 aromatic heterocycles. The van der Waals surface area contributed by atoms with Crippen LogP contribution in [0.5, 0.6) is 0 Å². The number of aromatic nitrogens is 3. The maximum atomic E-state index is 12.4. The normalized spacial score (nSPS) is 11.9. The van der Waals surface area contributed by atoms with E-state index in [0.29, 0.717) is 11.3 Å². The lowest BCUT2D eigenvalue weighted by atomic mass is 10.1. The number of para-hydroxylation sites is 2. The molecule has 0 unspecified atom stereocenters. The number of aliphatic hydroxyl groups excluding tert-OH is 1. The predicted molar refractivity (Wildman–Crippen MR) is 86.4 cm³/mol. The number of aliphatic hydroxyl groups is 1. The van der Waals surface area contributed by atoms with Crippen LogP contribution in [0.2, 0.25) is 0 Å². The van der Waals surface area contributed by atoms with E-state index in [9.17, 15) is 9.90 Å². The Labute approximate surface area is 133 Å². The van der Waals surface area contributed by atoms with Crippen LogP contribution >= 0.6 is 0 Å². The van der Waals surface area contributed by atoms with Crippen LogP contribution in [0.15, 0.2) is 61.2 Å². The molecule has 1 atom stereocenters. The van der Waals surface area contributed by atoms with Gasteiger partial charge in [0.15, 0.2) is 0 Å². The second kappa shape index (κ2) is 6.41. The van der Waals surface area contributed by atoms with Crippen LogP contribution in [-0.2, 0) is 0 Å². The molecule has 0 aliphatic heterocycles.